The number of rotatable bonds is 10. The molecule has 0 aromatic carbocycles. The summed E-state index contributed by atoms with van der Waals surface area (Å²) in [6.45, 7) is 1.09. The minimum absolute atomic E-state index is 0.297. The van der Waals surface area contributed by atoms with Gasteiger partial charge in [0.15, 0.2) is 0 Å². The van der Waals surface area contributed by atoms with Crippen LogP contribution in [0.25, 0.3) is 0 Å². The lowest BCUT2D eigenvalue weighted by molar-refractivity contribution is 0.193. The number of aliphatic hydroxyl groups is 2. The van der Waals surface area contributed by atoms with E-state index >= 15 is 0 Å². The standard InChI is InChI=1S/C6H14O2S5/c7-3-1-5-10-12-13-11-6-2-4-8-9/h7-8H,1-6H2. The summed E-state index contributed by atoms with van der Waals surface area (Å²) in [6, 6.07) is 0. The van der Waals surface area contributed by atoms with Crippen molar-refractivity contribution < 1.29 is 9.29 Å². The van der Waals surface area contributed by atoms with E-state index in [0.717, 1.165) is 31.0 Å². The van der Waals surface area contributed by atoms with E-state index in [0.29, 0.717) is 6.61 Å². The predicted octanol–water partition coefficient (Wildman–Crippen LogP) is 2.43. The molecule has 0 aliphatic heterocycles. The molecule has 0 radical (unpaired) electrons. The minimum atomic E-state index is 0.297. The van der Waals surface area contributed by atoms with Crippen molar-refractivity contribution in [3.8, 4) is 0 Å². The van der Waals surface area contributed by atoms with Gasteiger partial charge in [-0.1, -0.05) is 21.6 Å². The van der Waals surface area contributed by atoms with Crippen molar-refractivity contribution in [2.45, 2.75) is 12.8 Å². The van der Waals surface area contributed by atoms with Crippen LogP contribution in [0.1, 0.15) is 12.8 Å². The highest BCUT2D eigenvalue weighted by Crippen LogP contribution is 2.43. The van der Waals surface area contributed by atoms with Gasteiger partial charge in [0.2, 0.25) is 0 Å². The molecule has 0 atom stereocenters. The molecule has 0 saturated heterocycles. The van der Waals surface area contributed by atoms with Crippen molar-refractivity contribution in [1.82, 2.24) is 0 Å². The Kier molecular flexibility index (Phi) is 15.4. The molecule has 7 heteroatoms. The van der Waals surface area contributed by atoms with Gasteiger partial charge in [-0.2, -0.15) is 0 Å². The summed E-state index contributed by atoms with van der Waals surface area (Å²) < 4.78 is 3.61. The lowest BCUT2D eigenvalue weighted by Crippen LogP contribution is -1.91. The second-order valence-electron chi connectivity index (χ2n) is 2.06. The molecule has 0 aromatic heterocycles. The van der Waals surface area contributed by atoms with Gasteiger partial charge in [-0.15, -0.1) is 0 Å². The molecule has 0 amide bonds. The average molecular weight is 279 g/mol. The quantitative estimate of drug-likeness (QED) is 0.286. The van der Waals surface area contributed by atoms with Crippen LogP contribution in [0.3, 0.4) is 0 Å². The molecule has 0 unspecified atom stereocenters. The fraction of sp³-hybridized carbons (Fsp3) is 1.00. The average Bonchev–Trinajstić information content (AvgIpc) is 2.16. The molecular weight excluding hydrogens is 264 g/mol. The smallest absolute Gasteiger partial charge is 0.129 e. The normalized spacial score (nSPS) is 10.6. The topological polar surface area (TPSA) is 33.0 Å². The van der Waals surface area contributed by atoms with E-state index in [2.05, 4.69) is 17.1 Å². The SMILES string of the molecule is OCCCSSSSCCC[OH+][S-]. The Balaban J connectivity index is 2.76. The first-order chi connectivity index (χ1) is 6.41. The molecule has 0 aromatic rings. The van der Waals surface area contributed by atoms with E-state index in [9.17, 15) is 0 Å². The van der Waals surface area contributed by atoms with Crippen LogP contribution in [0.4, 0.5) is 0 Å². The third-order valence-electron chi connectivity index (χ3n) is 0.987. The Morgan fingerprint density at radius 3 is 2.23 bits per heavy atom. The van der Waals surface area contributed by atoms with E-state index in [-0.39, 0.29) is 0 Å². The maximum Gasteiger partial charge on any atom is 0.129 e. The Morgan fingerprint density at radius 1 is 1.08 bits per heavy atom. The van der Waals surface area contributed by atoms with E-state index in [1.165, 1.54) is 0 Å². The van der Waals surface area contributed by atoms with Crippen molar-refractivity contribution in [3.05, 3.63) is 0 Å². The first-order valence-electron chi connectivity index (χ1n) is 3.89. The van der Waals surface area contributed by atoms with E-state index in [4.69, 9.17) is 5.11 Å². The van der Waals surface area contributed by atoms with Crippen molar-refractivity contribution >= 4 is 54.1 Å². The van der Waals surface area contributed by atoms with Gasteiger partial charge < -0.3 is 22.2 Å². The zero-order valence-electron chi connectivity index (χ0n) is 7.18. The van der Waals surface area contributed by atoms with Gasteiger partial charge in [0.05, 0.1) is 0 Å². The zero-order chi connectivity index (χ0) is 9.78. The Hall–Kier alpha value is 1.67. The first-order valence-corrected chi connectivity index (χ1v) is 9.41. The molecule has 0 heterocycles. The highest BCUT2D eigenvalue weighted by atomic mass is 33.7. The Morgan fingerprint density at radius 2 is 1.69 bits per heavy atom. The molecule has 0 spiro atoms. The summed E-state index contributed by atoms with van der Waals surface area (Å²) in [4.78, 5) is 0. The molecule has 0 bridgehead atoms. The molecule has 2 N–H and O–H groups in total. The summed E-state index contributed by atoms with van der Waals surface area (Å²) in [7, 11) is 7.21. The van der Waals surface area contributed by atoms with Crippen LogP contribution in [-0.4, -0.2) is 34.0 Å². The van der Waals surface area contributed by atoms with Crippen LogP contribution in [-0.2, 0) is 12.9 Å². The molecule has 0 aliphatic carbocycles. The molecule has 13 heavy (non-hydrogen) atoms. The largest absolute Gasteiger partial charge is 0.546 e. The highest BCUT2D eigenvalue weighted by Gasteiger charge is 1.93. The molecule has 0 saturated carbocycles. The van der Waals surface area contributed by atoms with Crippen molar-refractivity contribution in [2.75, 3.05) is 24.7 Å². The molecular formula is C6H14O2S5. The summed E-state index contributed by atoms with van der Waals surface area (Å²) in [5, 5.41) is 8.51. The van der Waals surface area contributed by atoms with Gasteiger partial charge >= 0.3 is 0 Å². The van der Waals surface area contributed by atoms with E-state index in [1.54, 1.807) is 30.4 Å². The van der Waals surface area contributed by atoms with E-state index in [1.807, 2.05) is 10.8 Å². The van der Waals surface area contributed by atoms with Crippen molar-refractivity contribution in [1.29, 1.82) is 0 Å². The molecule has 2 nitrogen and oxygen atoms in total. The monoisotopic (exact) mass is 278 g/mol. The Bertz CT molecular complexity index is 85.1. The van der Waals surface area contributed by atoms with Crippen LogP contribution in [0.15, 0.2) is 0 Å². The summed E-state index contributed by atoms with van der Waals surface area (Å²) in [5.41, 5.74) is 0. The van der Waals surface area contributed by atoms with Crippen LogP contribution in [0.2, 0.25) is 0 Å². The van der Waals surface area contributed by atoms with Gasteiger partial charge in [-0.05, 0) is 26.1 Å². The van der Waals surface area contributed by atoms with Gasteiger partial charge in [0.25, 0.3) is 0 Å². The highest BCUT2D eigenvalue weighted by molar-refractivity contribution is 9.26. The van der Waals surface area contributed by atoms with Crippen LogP contribution in [0, 0.1) is 0 Å². The molecule has 0 fully saturated rings. The Labute approximate surface area is 101 Å². The van der Waals surface area contributed by atoms with Crippen LogP contribution in [0.5, 0.6) is 0 Å². The van der Waals surface area contributed by atoms with Gasteiger partial charge in [-0.25, -0.2) is 0 Å². The lowest BCUT2D eigenvalue weighted by atomic mass is 10.5. The van der Waals surface area contributed by atoms with Gasteiger partial charge in [-0.3, -0.25) is 0 Å². The molecule has 0 rings (SSSR count). The summed E-state index contributed by atoms with van der Waals surface area (Å²) in [6.07, 6.45) is 1.96. The lowest BCUT2D eigenvalue weighted by Gasteiger charge is -2.01. The number of aliphatic hydroxyl groups excluding tert-OH is 1. The molecule has 80 valence electrons. The zero-order valence-corrected chi connectivity index (χ0v) is 11.3. The number of hydrogen-bond acceptors (Lipinski definition) is 6. The van der Waals surface area contributed by atoms with Crippen molar-refractivity contribution in [3.63, 3.8) is 0 Å². The van der Waals surface area contributed by atoms with Crippen LogP contribution < -0.4 is 0 Å². The van der Waals surface area contributed by atoms with Crippen molar-refractivity contribution in [2.24, 2.45) is 0 Å². The van der Waals surface area contributed by atoms with Gasteiger partial charge in [0.1, 0.15) is 6.61 Å². The summed E-state index contributed by atoms with van der Waals surface area (Å²) in [5.74, 6) is 2.13. The minimum Gasteiger partial charge on any atom is -0.546 e. The first kappa shape index (κ1) is 14.7. The third kappa shape index (κ3) is 13.7. The fourth-order valence-corrected chi connectivity index (χ4v) is 6.66. The van der Waals surface area contributed by atoms with Crippen LogP contribution >= 0.6 is 41.2 Å². The summed E-state index contributed by atoms with van der Waals surface area (Å²) >= 11 is 4.48. The predicted molar refractivity (Wildman–Crippen MR) is 70.9 cm³/mol. The number of hydrogen-bond donors (Lipinski definition) is 1. The van der Waals surface area contributed by atoms with Gasteiger partial charge in [0, 0.05) is 24.5 Å². The second-order valence-corrected chi connectivity index (χ2v) is 8.56. The third-order valence-corrected chi connectivity index (χ3v) is 7.80. The molecule has 0 aliphatic rings. The fourth-order valence-electron chi connectivity index (χ4n) is 0.419. The second kappa shape index (κ2) is 13.7. The van der Waals surface area contributed by atoms with E-state index < -0.39 is 0 Å². The maximum atomic E-state index is 8.51. The maximum absolute atomic E-state index is 8.51.